The van der Waals surface area contributed by atoms with Crippen molar-refractivity contribution in [3.63, 3.8) is 0 Å². The molecule has 0 atom stereocenters. The van der Waals surface area contributed by atoms with E-state index in [0.29, 0.717) is 23.6 Å². The average Bonchev–Trinajstić information content (AvgIpc) is 2.62. The minimum Gasteiger partial charge on any atom is -0.395 e. The van der Waals surface area contributed by atoms with Gasteiger partial charge in [-0.25, -0.2) is 0 Å². The molecule has 0 aliphatic heterocycles. The molecule has 0 spiro atoms. The van der Waals surface area contributed by atoms with E-state index in [1.807, 2.05) is 24.3 Å². The molecule has 0 saturated heterocycles. The van der Waals surface area contributed by atoms with Crippen molar-refractivity contribution >= 4 is 27.5 Å². The van der Waals surface area contributed by atoms with Gasteiger partial charge in [-0.05, 0) is 24.6 Å². The van der Waals surface area contributed by atoms with Crippen LogP contribution in [0, 0.1) is 6.92 Å². The lowest BCUT2D eigenvalue weighted by Crippen LogP contribution is -2.26. The number of nitrogens with zero attached hydrogens (tertiary/aromatic N) is 2. The van der Waals surface area contributed by atoms with Gasteiger partial charge in [-0.2, -0.15) is 5.10 Å². The van der Waals surface area contributed by atoms with E-state index < -0.39 is 0 Å². The molecule has 0 fully saturated rings. The largest absolute Gasteiger partial charge is 0.395 e. The number of nitrogens with two attached hydrogens (primary N) is 1. The summed E-state index contributed by atoms with van der Waals surface area (Å²) in [6.07, 6.45) is 0. The summed E-state index contributed by atoms with van der Waals surface area (Å²) in [6, 6.07) is 7.76. The van der Waals surface area contributed by atoms with Gasteiger partial charge >= 0.3 is 0 Å². The molecular formula is C13H15BrN4O. The third-order valence-electron chi connectivity index (χ3n) is 2.85. The number of hydrogen-bond acceptors (Lipinski definition) is 3. The topological polar surface area (TPSA) is 72.9 Å². The highest BCUT2D eigenvalue weighted by Gasteiger charge is 2.17. The van der Waals surface area contributed by atoms with Crippen LogP contribution >= 0.6 is 15.9 Å². The summed E-state index contributed by atoms with van der Waals surface area (Å²) in [5.74, 6) is -0.219. The number of anilines is 1. The van der Waals surface area contributed by atoms with Gasteiger partial charge in [-0.1, -0.05) is 28.1 Å². The molecule has 0 aliphatic carbocycles. The van der Waals surface area contributed by atoms with Crippen molar-refractivity contribution in [3.8, 4) is 0 Å². The lowest BCUT2D eigenvalue weighted by Gasteiger charge is -2.06. The lowest BCUT2D eigenvalue weighted by atomic mass is 10.2. The molecule has 3 N–H and O–H groups in total. The van der Waals surface area contributed by atoms with Gasteiger partial charge < -0.3 is 11.1 Å². The normalized spacial score (nSPS) is 10.5. The summed E-state index contributed by atoms with van der Waals surface area (Å²) in [6.45, 7) is 2.23. The fourth-order valence-electron chi connectivity index (χ4n) is 1.81. The molecule has 1 aromatic heterocycles. The van der Waals surface area contributed by atoms with E-state index >= 15 is 0 Å². The first-order valence-corrected chi connectivity index (χ1v) is 6.60. The van der Waals surface area contributed by atoms with Crippen LogP contribution in [0.15, 0.2) is 28.7 Å². The fraction of sp³-hybridized carbons (Fsp3) is 0.231. The zero-order chi connectivity index (χ0) is 14.0. The van der Waals surface area contributed by atoms with Crippen molar-refractivity contribution in [2.24, 2.45) is 7.05 Å². The number of amides is 1. The summed E-state index contributed by atoms with van der Waals surface area (Å²) in [5, 5.41) is 6.96. The second kappa shape index (κ2) is 5.44. The van der Waals surface area contributed by atoms with E-state index in [1.54, 1.807) is 14.0 Å². The molecule has 1 aromatic carbocycles. The molecule has 0 unspecified atom stereocenters. The number of benzene rings is 1. The Morgan fingerprint density at radius 3 is 2.58 bits per heavy atom. The fourth-order valence-corrected chi connectivity index (χ4v) is 2.08. The Morgan fingerprint density at radius 1 is 1.42 bits per heavy atom. The number of rotatable bonds is 3. The van der Waals surface area contributed by atoms with Gasteiger partial charge in [0.2, 0.25) is 0 Å². The van der Waals surface area contributed by atoms with Crippen molar-refractivity contribution in [3.05, 3.63) is 45.7 Å². The SMILES string of the molecule is Cc1nn(C)c(C(=O)NCc2ccc(Br)cc2)c1N. The molecule has 0 aliphatic rings. The van der Waals surface area contributed by atoms with Crippen LogP contribution in [-0.2, 0) is 13.6 Å². The third-order valence-corrected chi connectivity index (χ3v) is 3.38. The first-order chi connectivity index (χ1) is 8.99. The Balaban J connectivity index is 2.07. The highest BCUT2D eigenvalue weighted by Crippen LogP contribution is 2.15. The van der Waals surface area contributed by atoms with Crippen LogP contribution in [0.5, 0.6) is 0 Å². The van der Waals surface area contributed by atoms with Crippen molar-refractivity contribution in [2.75, 3.05) is 5.73 Å². The smallest absolute Gasteiger partial charge is 0.271 e. The van der Waals surface area contributed by atoms with E-state index in [9.17, 15) is 4.79 Å². The number of nitrogen functional groups attached to an aromatic ring is 1. The van der Waals surface area contributed by atoms with Gasteiger partial charge in [-0.15, -0.1) is 0 Å². The van der Waals surface area contributed by atoms with Gasteiger partial charge in [0.05, 0.1) is 11.4 Å². The standard InChI is InChI=1S/C13H15BrN4O/c1-8-11(15)12(18(2)17-8)13(19)16-7-9-3-5-10(14)6-4-9/h3-6H,7,15H2,1-2H3,(H,16,19). The van der Waals surface area contributed by atoms with E-state index in [4.69, 9.17) is 5.73 Å². The van der Waals surface area contributed by atoms with Gasteiger partial charge in [0.1, 0.15) is 5.69 Å². The van der Waals surface area contributed by atoms with E-state index in [2.05, 4.69) is 26.3 Å². The van der Waals surface area contributed by atoms with Crippen molar-refractivity contribution in [1.82, 2.24) is 15.1 Å². The summed E-state index contributed by atoms with van der Waals surface area (Å²) < 4.78 is 2.51. The Morgan fingerprint density at radius 2 is 2.05 bits per heavy atom. The quantitative estimate of drug-likeness (QED) is 0.907. The van der Waals surface area contributed by atoms with Crippen LogP contribution in [-0.4, -0.2) is 15.7 Å². The Hall–Kier alpha value is -1.82. The maximum Gasteiger partial charge on any atom is 0.271 e. The first kappa shape index (κ1) is 13.6. The van der Waals surface area contributed by atoms with E-state index in [1.165, 1.54) is 4.68 Å². The molecule has 5 nitrogen and oxygen atoms in total. The molecule has 100 valence electrons. The van der Waals surface area contributed by atoms with Crippen molar-refractivity contribution in [1.29, 1.82) is 0 Å². The van der Waals surface area contributed by atoms with Crippen LogP contribution in [0.1, 0.15) is 21.7 Å². The maximum atomic E-state index is 12.1. The van der Waals surface area contributed by atoms with E-state index in [0.717, 1.165) is 10.0 Å². The van der Waals surface area contributed by atoms with E-state index in [-0.39, 0.29) is 5.91 Å². The number of hydrogen-bond donors (Lipinski definition) is 2. The monoisotopic (exact) mass is 322 g/mol. The number of nitrogens with one attached hydrogen (secondary N) is 1. The van der Waals surface area contributed by atoms with Crippen LogP contribution in [0.3, 0.4) is 0 Å². The Kier molecular flexibility index (Phi) is 3.90. The molecule has 0 radical (unpaired) electrons. The molecule has 2 aromatic rings. The van der Waals surface area contributed by atoms with Gasteiger partial charge in [-0.3, -0.25) is 9.48 Å². The second-order valence-electron chi connectivity index (χ2n) is 4.28. The van der Waals surface area contributed by atoms with Gasteiger partial charge in [0.25, 0.3) is 5.91 Å². The third kappa shape index (κ3) is 2.96. The Bertz CT molecular complexity index is 604. The molecule has 19 heavy (non-hydrogen) atoms. The molecule has 6 heteroatoms. The van der Waals surface area contributed by atoms with Crippen LogP contribution in [0.4, 0.5) is 5.69 Å². The molecule has 2 rings (SSSR count). The molecule has 0 bridgehead atoms. The molecule has 1 heterocycles. The minimum absolute atomic E-state index is 0.219. The molecular weight excluding hydrogens is 308 g/mol. The number of halogens is 1. The number of carbonyl (C=O) groups is 1. The summed E-state index contributed by atoms with van der Waals surface area (Å²) >= 11 is 3.37. The number of aryl methyl sites for hydroxylation is 2. The van der Waals surface area contributed by atoms with Crippen LogP contribution in [0.2, 0.25) is 0 Å². The van der Waals surface area contributed by atoms with Crippen molar-refractivity contribution < 1.29 is 4.79 Å². The number of aromatic nitrogens is 2. The Labute approximate surface area is 119 Å². The maximum absolute atomic E-state index is 12.1. The second-order valence-corrected chi connectivity index (χ2v) is 5.20. The predicted octanol–water partition coefficient (Wildman–Crippen LogP) is 2.00. The van der Waals surface area contributed by atoms with Crippen LogP contribution in [0.25, 0.3) is 0 Å². The molecule has 1 amide bonds. The zero-order valence-electron chi connectivity index (χ0n) is 10.8. The lowest BCUT2D eigenvalue weighted by molar-refractivity contribution is 0.0942. The zero-order valence-corrected chi connectivity index (χ0v) is 12.4. The number of carbonyl (C=O) groups excluding carboxylic acids is 1. The van der Waals surface area contributed by atoms with Crippen molar-refractivity contribution in [2.45, 2.75) is 13.5 Å². The highest BCUT2D eigenvalue weighted by molar-refractivity contribution is 9.10. The summed E-state index contributed by atoms with van der Waals surface area (Å²) in [5.41, 5.74) is 8.35. The molecule has 0 saturated carbocycles. The highest BCUT2D eigenvalue weighted by atomic mass is 79.9. The summed E-state index contributed by atoms with van der Waals surface area (Å²) in [4.78, 5) is 12.1. The van der Waals surface area contributed by atoms with Gasteiger partial charge in [0.15, 0.2) is 0 Å². The minimum atomic E-state index is -0.219. The van der Waals surface area contributed by atoms with Gasteiger partial charge in [0, 0.05) is 18.1 Å². The first-order valence-electron chi connectivity index (χ1n) is 5.80. The summed E-state index contributed by atoms with van der Waals surface area (Å²) in [7, 11) is 1.71. The average molecular weight is 323 g/mol. The van der Waals surface area contributed by atoms with Crippen LogP contribution < -0.4 is 11.1 Å². The predicted molar refractivity (Wildman–Crippen MR) is 77.7 cm³/mol.